The van der Waals surface area contributed by atoms with Crippen molar-refractivity contribution in [3.8, 4) is 40.2 Å². The van der Waals surface area contributed by atoms with Gasteiger partial charge in [0.2, 0.25) is 0 Å². The molecule has 0 spiro atoms. The third-order valence-corrected chi connectivity index (χ3v) is 6.76. The Morgan fingerprint density at radius 2 is 1.10 bits per heavy atom. The maximum Gasteiger partial charge on any atom is 0.193 e. The smallest absolute Gasteiger partial charge is 0.193 e. The fraction of sp³-hybridized carbons (Fsp3) is 0.0667. The molecule has 5 rings (SSSR count). The molecule has 1 aliphatic carbocycles. The number of benzene rings is 4. The summed E-state index contributed by atoms with van der Waals surface area (Å²) >= 11 is 0. The monoisotopic (exact) mass is 526 g/mol. The average Bonchev–Trinajstić information content (AvgIpc) is 2.88. The number of hydrogen-bond acceptors (Lipinski definition) is 9. The second-order valence-electron chi connectivity index (χ2n) is 9.21. The normalized spacial score (nSPS) is 16.3. The number of phenols is 7. The molecule has 196 valence electrons. The molecule has 7 N–H and O–H groups in total. The van der Waals surface area contributed by atoms with Crippen molar-refractivity contribution in [1.29, 1.82) is 0 Å². The molecule has 9 heteroatoms. The molecule has 39 heavy (non-hydrogen) atoms. The van der Waals surface area contributed by atoms with Gasteiger partial charge in [0.25, 0.3) is 0 Å². The van der Waals surface area contributed by atoms with E-state index in [9.17, 15) is 45.3 Å². The van der Waals surface area contributed by atoms with Crippen LogP contribution < -0.4 is 0 Å². The molecule has 0 amide bonds. The summed E-state index contributed by atoms with van der Waals surface area (Å²) in [6, 6.07) is 15.2. The number of fused-ring (bicyclic) bond motifs is 1. The van der Waals surface area contributed by atoms with Crippen molar-refractivity contribution in [2.45, 2.75) is 5.92 Å². The van der Waals surface area contributed by atoms with Crippen LogP contribution in [-0.2, 0) is 0 Å². The molecule has 2 unspecified atom stereocenters. The van der Waals surface area contributed by atoms with E-state index in [1.54, 1.807) is 0 Å². The summed E-state index contributed by atoms with van der Waals surface area (Å²) in [7, 11) is 0. The maximum absolute atomic E-state index is 14.1. The van der Waals surface area contributed by atoms with Crippen molar-refractivity contribution in [2.24, 2.45) is 5.92 Å². The number of carbonyl (C=O) groups is 2. The van der Waals surface area contributed by atoms with E-state index in [2.05, 4.69) is 0 Å². The number of carbonyl (C=O) groups excluding carboxylic acids is 2. The first kappa shape index (κ1) is 25.2. The first-order chi connectivity index (χ1) is 18.5. The number of phenolic OH excluding ortho intramolecular Hbond substituents is 7. The SMILES string of the molecule is O=C(C1=Cc2cc(O)c(O)cc2C(c2ccc(O)cc2)C1C(=O)c1ccc(O)cc1O)c1ccc(O)cc1O. The predicted octanol–water partition coefficient (Wildman–Crippen LogP) is 4.54. The molecular formula is C30H22O9. The lowest BCUT2D eigenvalue weighted by atomic mass is 9.67. The van der Waals surface area contributed by atoms with Gasteiger partial charge in [0.05, 0.1) is 17.0 Å². The van der Waals surface area contributed by atoms with Gasteiger partial charge in [-0.1, -0.05) is 12.1 Å². The van der Waals surface area contributed by atoms with Crippen LogP contribution in [0.5, 0.6) is 40.2 Å². The first-order valence-corrected chi connectivity index (χ1v) is 11.7. The standard InChI is InChI=1S/C30H22O9/c31-16-3-1-14(2-4-16)27-21-13-26(37)25(36)10-15(21)9-22(29(38)19-7-5-17(32)11-23(19)34)28(27)30(39)20-8-6-18(33)12-24(20)35/h1-13,27-28,31-37H. The van der Waals surface area contributed by atoms with Crippen LogP contribution >= 0.6 is 0 Å². The second kappa shape index (κ2) is 9.46. The van der Waals surface area contributed by atoms with E-state index in [4.69, 9.17) is 0 Å². The van der Waals surface area contributed by atoms with Gasteiger partial charge in [0.15, 0.2) is 23.1 Å². The molecule has 4 aromatic carbocycles. The topological polar surface area (TPSA) is 176 Å². The Morgan fingerprint density at radius 3 is 1.69 bits per heavy atom. The Morgan fingerprint density at radius 1 is 0.564 bits per heavy atom. The van der Waals surface area contributed by atoms with Gasteiger partial charge in [-0.05, 0) is 71.3 Å². The summed E-state index contributed by atoms with van der Waals surface area (Å²) < 4.78 is 0. The highest BCUT2D eigenvalue weighted by atomic mass is 16.3. The van der Waals surface area contributed by atoms with E-state index < -0.39 is 46.4 Å². The summed E-state index contributed by atoms with van der Waals surface area (Å²) in [5.41, 5.74) is 0.639. The molecule has 0 bridgehead atoms. The van der Waals surface area contributed by atoms with Crippen molar-refractivity contribution in [1.82, 2.24) is 0 Å². The lowest BCUT2D eigenvalue weighted by molar-refractivity contribution is 0.0893. The minimum atomic E-state index is -1.33. The molecule has 0 aliphatic heterocycles. The van der Waals surface area contributed by atoms with Gasteiger partial charge >= 0.3 is 0 Å². The van der Waals surface area contributed by atoms with E-state index in [1.807, 2.05) is 0 Å². The van der Waals surface area contributed by atoms with E-state index in [-0.39, 0.29) is 33.9 Å². The lowest BCUT2D eigenvalue weighted by Gasteiger charge is -2.34. The highest BCUT2D eigenvalue weighted by Gasteiger charge is 2.42. The van der Waals surface area contributed by atoms with Crippen molar-refractivity contribution >= 4 is 17.6 Å². The largest absolute Gasteiger partial charge is 0.508 e. The molecule has 0 heterocycles. The Labute approximate surface area is 221 Å². The number of ketones is 2. The third kappa shape index (κ3) is 4.46. The van der Waals surface area contributed by atoms with Crippen molar-refractivity contribution < 1.29 is 45.3 Å². The fourth-order valence-corrected chi connectivity index (χ4v) is 4.94. The van der Waals surface area contributed by atoms with Crippen LogP contribution in [0.4, 0.5) is 0 Å². The summed E-state index contributed by atoms with van der Waals surface area (Å²) in [5.74, 6) is -6.35. The van der Waals surface area contributed by atoms with Gasteiger partial charge in [0.1, 0.15) is 28.7 Å². The summed E-state index contributed by atoms with van der Waals surface area (Å²) in [5, 5.41) is 70.8. The van der Waals surface area contributed by atoms with Crippen LogP contribution in [0, 0.1) is 5.92 Å². The van der Waals surface area contributed by atoms with Crippen LogP contribution in [0.3, 0.4) is 0 Å². The third-order valence-electron chi connectivity index (χ3n) is 6.76. The van der Waals surface area contributed by atoms with Gasteiger partial charge in [-0.3, -0.25) is 9.59 Å². The molecule has 9 nitrogen and oxygen atoms in total. The van der Waals surface area contributed by atoms with Gasteiger partial charge in [-0.15, -0.1) is 0 Å². The Balaban J connectivity index is 1.80. The second-order valence-corrected chi connectivity index (χ2v) is 9.21. The lowest BCUT2D eigenvalue weighted by Crippen LogP contribution is -2.32. The molecule has 0 saturated carbocycles. The van der Waals surface area contributed by atoms with Crippen LogP contribution in [0.1, 0.15) is 43.3 Å². The minimum absolute atomic E-state index is 0.0525. The average molecular weight is 526 g/mol. The summed E-state index contributed by atoms with van der Waals surface area (Å²) in [4.78, 5) is 28.0. The maximum atomic E-state index is 14.1. The minimum Gasteiger partial charge on any atom is -0.508 e. The van der Waals surface area contributed by atoms with Crippen LogP contribution in [0.25, 0.3) is 6.08 Å². The predicted molar refractivity (Wildman–Crippen MR) is 139 cm³/mol. The van der Waals surface area contributed by atoms with E-state index in [0.717, 1.165) is 12.1 Å². The van der Waals surface area contributed by atoms with Gasteiger partial charge < -0.3 is 35.7 Å². The quantitative estimate of drug-likeness (QED) is 0.145. The zero-order valence-electron chi connectivity index (χ0n) is 20.1. The molecule has 0 aromatic heterocycles. The molecule has 0 saturated heterocycles. The highest BCUT2D eigenvalue weighted by Crippen LogP contribution is 2.49. The van der Waals surface area contributed by atoms with E-state index >= 15 is 0 Å². The molecule has 4 aromatic rings. The van der Waals surface area contributed by atoms with Crippen molar-refractivity contribution in [3.63, 3.8) is 0 Å². The van der Waals surface area contributed by atoms with Crippen molar-refractivity contribution in [3.05, 3.63) is 106 Å². The number of Topliss-reactive ketones (excluding diaryl/α,β-unsaturated/α-hetero) is 2. The van der Waals surface area contributed by atoms with Crippen LogP contribution in [0.15, 0.2) is 78.4 Å². The van der Waals surface area contributed by atoms with Gasteiger partial charge in [0, 0.05) is 23.6 Å². The number of aromatic hydroxyl groups is 7. The first-order valence-electron chi connectivity index (χ1n) is 11.7. The highest BCUT2D eigenvalue weighted by molar-refractivity contribution is 6.19. The molecule has 2 atom stereocenters. The van der Waals surface area contributed by atoms with E-state index in [1.165, 1.54) is 66.7 Å². The molecule has 0 radical (unpaired) electrons. The summed E-state index contributed by atoms with van der Waals surface area (Å²) in [6.07, 6.45) is 1.36. The number of allylic oxidation sites excluding steroid dienone is 1. The molecule has 0 fully saturated rings. The zero-order chi connectivity index (χ0) is 28.0. The van der Waals surface area contributed by atoms with Crippen LogP contribution in [-0.4, -0.2) is 47.3 Å². The Bertz CT molecular complexity index is 1670. The molecule has 1 aliphatic rings. The molecular weight excluding hydrogens is 504 g/mol. The summed E-state index contributed by atoms with van der Waals surface area (Å²) in [6.45, 7) is 0. The fourth-order valence-electron chi connectivity index (χ4n) is 4.94. The van der Waals surface area contributed by atoms with Crippen LogP contribution in [0.2, 0.25) is 0 Å². The zero-order valence-corrected chi connectivity index (χ0v) is 20.1. The van der Waals surface area contributed by atoms with Gasteiger partial charge in [-0.25, -0.2) is 0 Å². The number of rotatable bonds is 5. The van der Waals surface area contributed by atoms with E-state index in [0.29, 0.717) is 16.7 Å². The Hall–Kier alpha value is -5.44. The van der Waals surface area contributed by atoms with Gasteiger partial charge in [-0.2, -0.15) is 0 Å². The van der Waals surface area contributed by atoms with Crippen molar-refractivity contribution in [2.75, 3.05) is 0 Å². The Kier molecular flexibility index (Phi) is 6.12. The number of hydrogen-bond donors (Lipinski definition) is 7.